The maximum absolute atomic E-state index is 13.2. The summed E-state index contributed by atoms with van der Waals surface area (Å²) in [7, 11) is 1.34. The maximum Gasteiger partial charge on any atom is 0.307 e. The van der Waals surface area contributed by atoms with Gasteiger partial charge in [0, 0.05) is 11.6 Å². The van der Waals surface area contributed by atoms with Crippen molar-refractivity contribution in [1.29, 1.82) is 0 Å². The van der Waals surface area contributed by atoms with Crippen molar-refractivity contribution in [2.45, 2.75) is 19.1 Å². The number of rotatable bonds is 9. The van der Waals surface area contributed by atoms with E-state index in [-0.39, 0.29) is 18.0 Å². The molecular formula is C33H28N2O4. The van der Waals surface area contributed by atoms with Crippen molar-refractivity contribution in [3.63, 3.8) is 0 Å². The number of benzene rings is 4. The largest absolute Gasteiger partial charge is 0.489 e. The molecule has 0 saturated heterocycles. The monoisotopic (exact) mass is 516 g/mol. The van der Waals surface area contributed by atoms with Gasteiger partial charge in [0.05, 0.1) is 19.6 Å². The van der Waals surface area contributed by atoms with Gasteiger partial charge in [-0.25, -0.2) is 0 Å². The summed E-state index contributed by atoms with van der Waals surface area (Å²) in [5, 5.41) is 4.68. The van der Waals surface area contributed by atoms with E-state index in [1.54, 1.807) is 12.3 Å². The van der Waals surface area contributed by atoms with Crippen molar-refractivity contribution in [1.82, 2.24) is 10.3 Å². The van der Waals surface area contributed by atoms with Crippen LogP contribution in [-0.4, -0.2) is 24.0 Å². The molecular weight excluding hydrogens is 488 g/mol. The number of hydrogen-bond donors (Lipinski definition) is 1. The molecule has 6 nitrogen and oxygen atoms in total. The molecule has 1 N–H and O–H groups in total. The summed E-state index contributed by atoms with van der Waals surface area (Å²) in [5.41, 5.74) is 4.28. The summed E-state index contributed by atoms with van der Waals surface area (Å²) >= 11 is 0. The Bertz CT molecular complexity index is 1570. The Balaban J connectivity index is 1.31. The lowest BCUT2D eigenvalue weighted by molar-refractivity contribution is -0.141. The molecule has 1 unspecified atom stereocenters. The van der Waals surface area contributed by atoms with Gasteiger partial charge in [-0.15, -0.1) is 0 Å². The minimum Gasteiger partial charge on any atom is -0.489 e. The Morgan fingerprint density at radius 2 is 1.49 bits per heavy atom. The van der Waals surface area contributed by atoms with Crippen LogP contribution in [0.2, 0.25) is 0 Å². The molecule has 1 atom stereocenters. The Kier molecular flexibility index (Phi) is 7.93. The maximum atomic E-state index is 13.2. The standard InChI is InChI=1S/C33H28N2O4/c1-38-32(36)20-30(26-14-12-25(13-15-26)24-10-6-3-7-11-24)35-33(37)31-19-27-16-17-29(18-28(27)21-34-31)39-22-23-8-4-2-5-9-23/h2-19,21,30H,20,22H2,1H3,(H,35,37). The molecule has 1 amide bonds. The molecule has 0 radical (unpaired) electrons. The minimum absolute atomic E-state index is 0.00260. The van der Waals surface area contributed by atoms with Crippen LogP contribution in [0.4, 0.5) is 0 Å². The van der Waals surface area contributed by atoms with Gasteiger partial charge in [-0.1, -0.05) is 91.0 Å². The van der Waals surface area contributed by atoms with Gasteiger partial charge < -0.3 is 14.8 Å². The van der Waals surface area contributed by atoms with Crippen molar-refractivity contribution < 1.29 is 19.1 Å². The number of carbonyl (C=O) groups is 2. The highest BCUT2D eigenvalue weighted by molar-refractivity contribution is 5.97. The second-order valence-corrected chi connectivity index (χ2v) is 9.15. The van der Waals surface area contributed by atoms with E-state index >= 15 is 0 Å². The minimum atomic E-state index is -0.568. The highest BCUT2D eigenvalue weighted by Gasteiger charge is 2.21. The molecule has 0 aliphatic rings. The van der Waals surface area contributed by atoms with Gasteiger partial charge in [0.15, 0.2) is 0 Å². The van der Waals surface area contributed by atoms with E-state index in [0.717, 1.165) is 38.8 Å². The Morgan fingerprint density at radius 3 is 2.21 bits per heavy atom. The van der Waals surface area contributed by atoms with Gasteiger partial charge in [-0.05, 0) is 45.8 Å². The van der Waals surface area contributed by atoms with Crippen LogP contribution in [0.5, 0.6) is 5.75 Å². The lowest BCUT2D eigenvalue weighted by atomic mass is 9.99. The molecule has 1 aromatic heterocycles. The topological polar surface area (TPSA) is 77.5 Å². The Morgan fingerprint density at radius 1 is 0.795 bits per heavy atom. The van der Waals surface area contributed by atoms with Crippen LogP contribution in [0.3, 0.4) is 0 Å². The van der Waals surface area contributed by atoms with E-state index in [1.807, 2.05) is 103 Å². The molecule has 39 heavy (non-hydrogen) atoms. The molecule has 5 rings (SSSR count). The number of aromatic nitrogens is 1. The van der Waals surface area contributed by atoms with E-state index in [0.29, 0.717) is 6.61 Å². The number of amides is 1. The zero-order valence-electron chi connectivity index (χ0n) is 21.5. The van der Waals surface area contributed by atoms with Crippen LogP contribution in [-0.2, 0) is 16.1 Å². The predicted molar refractivity (Wildman–Crippen MR) is 151 cm³/mol. The van der Waals surface area contributed by atoms with Gasteiger partial charge in [0.25, 0.3) is 5.91 Å². The van der Waals surface area contributed by atoms with E-state index in [9.17, 15) is 9.59 Å². The van der Waals surface area contributed by atoms with Crippen molar-refractivity contribution in [2.24, 2.45) is 0 Å². The van der Waals surface area contributed by atoms with Gasteiger partial charge in [-0.3, -0.25) is 14.6 Å². The SMILES string of the molecule is COC(=O)CC(NC(=O)c1cc2ccc(OCc3ccccc3)cc2cn1)c1ccc(-c2ccccc2)cc1. The van der Waals surface area contributed by atoms with Gasteiger partial charge in [0.1, 0.15) is 18.1 Å². The quantitative estimate of drug-likeness (QED) is 0.226. The van der Waals surface area contributed by atoms with Crippen LogP contribution in [0, 0.1) is 0 Å². The molecule has 0 bridgehead atoms. The summed E-state index contributed by atoms with van der Waals surface area (Å²) in [6.07, 6.45) is 1.66. The smallest absolute Gasteiger partial charge is 0.307 e. The fraction of sp³-hybridized carbons (Fsp3) is 0.121. The number of nitrogens with zero attached hydrogens (tertiary/aromatic N) is 1. The summed E-state index contributed by atoms with van der Waals surface area (Å²) in [6.45, 7) is 0.466. The van der Waals surface area contributed by atoms with E-state index < -0.39 is 12.0 Å². The van der Waals surface area contributed by atoms with E-state index in [4.69, 9.17) is 9.47 Å². The number of esters is 1. The molecule has 0 aliphatic carbocycles. The average molecular weight is 517 g/mol. The molecule has 0 saturated carbocycles. The van der Waals surface area contributed by atoms with Crippen molar-refractivity contribution in [3.8, 4) is 16.9 Å². The molecule has 0 spiro atoms. The van der Waals surface area contributed by atoms with Gasteiger partial charge >= 0.3 is 5.97 Å². The van der Waals surface area contributed by atoms with Crippen LogP contribution >= 0.6 is 0 Å². The van der Waals surface area contributed by atoms with Crippen LogP contribution in [0.15, 0.2) is 115 Å². The fourth-order valence-corrected chi connectivity index (χ4v) is 4.35. The molecule has 5 aromatic rings. The average Bonchev–Trinajstić information content (AvgIpc) is 3.00. The molecule has 1 heterocycles. The molecule has 0 aliphatic heterocycles. The number of carbonyl (C=O) groups excluding carboxylic acids is 2. The fourth-order valence-electron chi connectivity index (χ4n) is 4.35. The summed E-state index contributed by atoms with van der Waals surface area (Å²) in [4.78, 5) is 29.7. The van der Waals surface area contributed by atoms with E-state index in [2.05, 4.69) is 10.3 Å². The number of pyridine rings is 1. The molecule has 194 valence electrons. The Hall–Kier alpha value is -4.97. The zero-order valence-corrected chi connectivity index (χ0v) is 21.5. The van der Waals surface area contributed by atoms with Crippen LogP contribution in [0.1, 0.15) is 34.1 Å². The zero-order chi connectivity index (χ0) is 27.0. The van der Waals surface area contributed by atoms with E-state index in [1.165, 1.54) is 7.11 Å². The lowest BCUT2D eigenvalue weighted by Crippen LogP contribution is -2.31. The third kappa shape index (κ3) is 6.48. The first kappa shape index (κ1) is 25.7. The molecule has 0 fully saturated rings. The number of ether oxygens (including phenoxy) is 2. The van der Waals surface area contributed by atoms with Crippen LogP contribution < -0.4 is 10.1 Å². The Labute approximate surface area is 227 Å². The predicted octanol–water partition coefficient (Wildman–Crippen LogP) is 6.52. The van der Waals surface area contributed by atoms with Gasteiger partial charge in [0.2, 0.25) is 0 Å². The molecule has 4 aromatic carbocycles. The normalized spacial score (nSPS) is 11.5. The van der Waals surface area contributed by atoms with Crippen molar-refractivity contribution >= 4 is 22.6 Å². The summed E-state index contributed by atoms with van der Waals surface area (Å²) in [5.74, 6) is -0.0632. The third-order valence-electron chi connectivity index (χ3n) is 6.50. The number of hydrogen-bond acceptors (Lipinski definition) is 5. The van der Waals surface area contributed by atoms with Crippen molar-refractivity contribution in [2.75, 3.05) is 7.11 Å². The highest BCUT2D eigenvalue weighted by atomic mass is 16.5. The molecule has 6 heteroatoms. The number of methoxy groups -OCH3 is 1. The van der Waals surface area contributed by atoms with Crippen LogP contribution in [0.25, 0.3) is 21.9 Å². The first-order valence-corrected chi connectivity index (χ1v) is 12.7. The first-order chi connectivity index (χ1) is 19.1. The highest BCUT2D eigenvalue weighted by Crippen LogP contribution is 2.25. The second kappa shape index (κ2) is 12.0. The first-order valence-electron chi connectivity index (χ1n) is 12.7. The van der Waals surface area contributed by atoms with Crippen molar-refractivity contribution in [3.05, 3.63) is 132 Å². The number of fused-ring (bicyclic) bond motifs is 1. The third-order valence-corrected chi connectivity index (χ3v) is 6.50. The summed E-state index contributed by atoms with van der Waals surface area (Å²) in [6, 6.07) is 34.6. The number of nitrogens with one attached hydrogen (secondary N) is 1. The lowest BCUT2D eigenvalue weighted by Gasteiger charge is -2.19. The summed E-state index contributed by atoms with van der Waals surface area (Å²) < 4.78 is 10.8. The van der Waals surface area contributed by atoms with Gasteiger partial charge in [-0.2, -0.15) is 0 Å². The second-order valence-electron chi connectivity index (χ2n) is 9.15.